The highest BCUT2D eigenvalue weighted by Gasteiger charge is 2.06. The van der Waals surface area contributed by atoms with Crippen LogP contribution in [0.15, 0.2) is 28.7 Å². The van der Waals surface area contributed by atoms with Crippen LogP contribution in [-0.2, 0) is 19.5 Å². The first-order chi connectivity index (χ1) is 9.15. The van der Waals surface area contributed by atoms with Crippen LogP contribution in [0.25, 0.3) is 0 Å². The van der Waals surface area contributed by atoms with Crippen molar-refractivity contribution in [2.24, 2.45) is 0 Å². The number of nitrogens with one attached hydrogen (secondary N) is 1. The summed E-state index contributed by atoms with van der Waals surface area (Å²) in [4.78, 5) is 0. The molecule has 0 saturated heterocycles. The van der Waals surface area contributed by atoms with Gasteiger partial charge in [0.1, 0.15) is 0 Å². The van der Waals surface area contributed by atoms with Gasteiger partial charge < -0.3 is 5.32 Å². The van der Waals surface area contributed by atoms with Crippen LogP contribution in [0.1, 0.15) is 30.8 Å². The molecule has 0 spiro atoms. The largest absolute Gasteiger partial charge is 0.379 e. The van der Waals surface area contributed by atoms with Crippen molar-refractivity contribution in [3.63, 3.8) is 0 Å². The molecule has 1 heterocycles. The molecule has 0 aliphatic carbocycles. The number of benzene rings is 1. The first-order valence-corrected chi connectivity index (χ1v) is 7.49. The van der Waals surface area contributed by atoms with Gasteiger partial charge in [-0.15, -0.1) is 0 Å². The fraction of sp³-hybridized carbons (Fsp3) is 0.400. The van der Waals surface area contributed by atoms with Gasteiger partial charge in [0, 0.05) is 16.7 Å². The first-order valence-electron chi connectivity index (χ1n) is 6.70. The predicted octanol–water partition coefficient (Wildman–Crippen LogP) is 4.15. The van der Waals surface area contributed by atoms with E-state index in [4.69, 9.17) is 0 Å². The van der Waals surface area contributed by atoms with Gasteiger partial charge in [-0.1, -0.05) is 28.9 Å². The summed E-state index contributed by atoms with van der Waals surface area (Å²) in [6.45, 7) is 8.09. The van der Waals surface area contributed by atoms with Gasteiger partial charge in [0.2, 0.25) is 0 Å². The van der Waals surface area contributed by atoms with E-state index in [9.17, 15) is 0 Å². The molecule has 0 aliphatic heterocycles. The Balaban J connectivity index is 2.14. The van der Waals surface area contributed by atoms with Crippen molar-refractivity contribution in [2.75, 3.05) is 5.32 Å². The molecule has 0 unspecified atom stereocenters. The van der Waals surface area contributed by atoms with E-state index < -0.39 is 0 Å². The summed E-state index contributed by atoms with van der Waals surface area (Å²) in [6.07, 6.45) is 0.982. The zero-order valence-corrected chi connectivity index (χ0v) is 13.3. The number of hydrogen-bond donors (Lipinski definition) is 1. The van der Waals surface area contributed by atoms with Crippen LogP contribution >= 0.6 is 15.9 Å². The third kappa shape index (κ3) is 3.18. The van der Waals surface area contributed by atoms with Crippen molar-refractivity contribution in [2.45, 2.75) is 40.3 Å². The van der Waals surface area contributed by atoms with Gasteiger partial charge in [0.15, 0.2) is 0 Å². The summed E-state index contributed by atoms with van der Waals surface area (Å²) in [6, 6.07) is 8.40. The Morgan fingerprint density at radius 1 is 1.32 bits per heavy atom. The Hall–Kier alpha value is -1.29. The number of aryl methyl sites for hydroxylation is 2. The molecular formula is C15H20BrN3. The van der Waals surface area contributed by atoms with E-state index in [2.05, 4.69) is 70.0 Å². The molecular weight excluding hydrogens is 302 g/mol. The molecule has 0 radical (unpaired) electrons. The quantitative estimate of drug-likeness (QED) is 0.896. The molecule has 0 aliphatic rings. The van der Waals surface area contributed by atoms with Gasteiger partial charge in [0.05, 0.1) is 17.9 Å². The summed E-state index contributed by atoms with van der Waals surface area (Å²) in [7, 11) is 0. The lowest BCUT2D eigenvalue weighted by atomic mass is 10.2. The second-order valence-corrected chi connectivity index (χ2v) is 5.42. The van der Waals surface area contributed by atoms with Gasteiger partial charge in [-0.2, -0.15) is 5.10 Å². The Bertz CT molecular complexity index is 561. The lowest BCUT2D eigenvalue weighted by Gasteiger charge is -2.11. The summed E-state index contributed by atoms with van der Waals surface area (Å²) in [5.41, 5.74) is 4.79. The van der Waals surface area contributed by atoms with Crippen molar-refractivity contribution < 1.29 is 0 Å². The van der Waals surface area contributed by atoms with Crippen LogP contribution in [0.3, 0.4) is 0 Å². The molecule has 1 aromatic carbocycles. The van der Waals surface area contributed by atoms with Crippen molar-refractivity contribution in [1.82, 2.24) is 9.78 Å². The van der Waals surface area contributed by atoms with E-state index in [1.54, 1.807) is 0 Å². The lowest BCUT2D eigenvalue weighted by molar-refractivity contribution is 0.619. The Morgan fingerprint density at radius 3 is 2.79 bits per heavy atom. The van der Waals surface area contributed by atoms with Gasteiger partial charge in [-0.3, -0.25) is 4.68 Å². The molecule has 0 saturated carbocycles. The van der Waals surface area contributed by atoms with Crippen LogP contribution in [0.5, 0.6) is 0 Å². The molecule has 2 rings (SSSR count). The highest BCUT2D eigenvalue weighted by molar-refractivity contribution is 9.10. The van der Waals surface area contributed by atoms with Gasteiger partial charge in [-0.25, -0.2) is 0 Å². The summed E-state index contributed by atoms with van der Waals surface area (Å²) in [5.74, 6) is 0. The number of nitrogens with zero attached hydrogens (tertiary/aromatic N) is 2. The van der Waals surface area contributed by atoms with E-state index in [1.807, 2.05) is 6.07 Å². The van der Waals surface area contributed by atoms with Crippen LogP contribution in [0.4, 0.5) is 5.69 Å². The zero-order valence-electron chi connectivity index (χ0n) is 11.7. The molecule has 0 fully saturated rings. The smallest absolute Gasteiger partial charge is 0.0625 e. The van der Waals surface area contributed by atoms with Gasteiger partial charge in [0.25, 0.3) is 0 Å². The second kappa shape index (κ2) is 6.24. The second-order valence-electron chi connectivity index (χ2n) is 4.56. The van der Waals surface area contributed by atoms with Crippen molar-refractivity contribution in [3.8, 4) is 0 Å². The Kier molecular flexibility index (Phi) is 4.64. The maximum Gasteiger partial charge on any atom is 0.0625 e. The number of hydrogen-bond acceptors (Lipinski definition) is 2. The molecule has 0 amide bonds. The maximum atomic E-state index is 4.57. The highest BCUT2D eigenvalue weighted by atomic mass is 79.9. The van der Waals surface area contributed by atoms with Gasteiger partial charge in [-0.05, 0) is 44.0 Å². The van der Waals surface area contributed by atoms with Crippen LogP contribution in [0, 0.1) is 6.92 Å². The summed E-state index contributed by atoms with van der Waals surface area (Å²) < 4.78 is 3.20. The molecule has 4 heteroatoms. The van der Waals surface area contributed by atoms with Crippen molar-refractivity contribution in [1.29, 1.82) is 0 Å². The van der Waals surface area contributed by atoms with Crippen LogP contribution in [-0.4, -0.2) is 9.78 Å². The minimum Gasteiger partial charge on any atom is -0.379 e. The Labute approximate surface area is 123 Å². The molecule has 2 aromatic rings. The topological polar surface area (TPSA) is 29.9 Å². The zero-order chi connectivity index (χ0) is 13.8. The highest BCUT2D eigenvalue weighted by Crippen LogP contribution is 2.24. The maximum absolute atomic E-state index is 4.57. The molecule has 19 heavy (non-hydrogen) atoms. The fourth-order valence-corrected chi connectivity index (χ4v) is 2.45. The fourth-order valence-electron chi connectivity index (χ4n) is 2.09. The molecule has 102 valence electrons. The van der Waals surface area contributed by atoms with E-state index in [0.29, 0.717) is 0 Å². The third-order valence-electron chi connectivity index (χ3n) is 3.30. The van der Waals surface area contributed by atoms with E-state index >= 15 is 0 Å². The monoisotopic (exact) mass is 321 g/mol. The van der Waals surface area contributed by atoms with Crippen LogP contribution in [0.2, 0.25) is 0 Å². The van der Waals surface area contributed by atoms with Crippen molar-refractivity contribution in [3.05, 3.63) is 45.7 Å². The lowest BCUT2D eigenvalue weighted by Crippen LogP contribution is -2.08. The van der Waals surface area contributed by atoms with E-state index in [1.165, 1.54) is 11.3 Å². The molecule has 0 bridgehead atoms. The summed E-state index contributed by atoms with van der Waals surface area (Å²) in [5, 5.41) is 8.06. The minimum atomic E-state index is 0.804. The van der Waals surface area contributed by atoms with Gasteiger partial charge >= 0.3 is 0 Å². The van der Waals surface area contributed by atoms with E-state index in [-0.39, 0.29) is 0 Å². The standard InChI is InChI=1S/C15H20BrN3/c1-4-12-9-13(19(5-2)18-12)10-17-15-8-6-7-14(16)11(15)3/h6-9,17H,4-5,10H2,1-3H3. The number of rotatable bonds is 5. The molecule has 3 nitrogen and oxygen atoms in total. The number of aromatic nitrogens is 2. The van der Waals surface area contributed by atoms with Crippen molar-refractivity contribution >= 4 is 21.6 Å². The number of anilines is 1. The van der Waals surface area contributed by atoms with E-state index in [0.717, 1.165) is 35.4 Å². The van der Waals surface area contributed by atoms with Crippen LogP contribution < -0.4 is 5.32 Å². The normalized spacial score (nSPS) is 10.7. The predicted molar refractivity (Wildman–Crippen MR) is 83.5 cm³/mol. The number of halogens is 1. The average molecular weight is 322 g/mol. The molecule has 0 atom stereocenters. The molecule has 1 N–H and O–H groups in total. The summed E-state index contributed by atoms with van der Waals surface area (Å²) >= 11 is 3.56. The SMILES string of the molecule is CCc1cc(CNc2cccc(Br)c2C)n(CC)n1. The minimum absolute atomic E-state index is 0.804. The third-order valence-corrected chi connectivity index (χ3v) is 4.16. The molecule has 1 aromatic heterocycles. The Morgan fingerprint density at radius 2 is 2.11 bits per heavy atom. The average Bonchev–Trinajstić information content (AvgIpc) is 2.83. The first kappa shape index (κ1) is 14.1.